The van der Waals surface area contributed by atoms with Gasteiger partial charge in [-0.3, -0.25) is 14.9 Å². The second-order valence-electron chi connectivity index (χ2n) is 7.75. The van der Waals surface area contributed by atoms with Gasteiger partial charge in [-0.25, -0.2) is 0 Å². The number of non-ortho nitro benzene ring substituents is 1. The zero-order valence-electron chi connectivity index (χ0n) is 17.3. The summed E-state index contributed by atoms with van der Waals surface area (Å²) in [6.45, 7) is 7.61. The molecule has 0 fully saturated rings. The van der Waals surface area contributed by atoms with Gasteiger partial charge >= 0.3 is 0 Å². The summed E-state index contributed by atoms with van der Waals surface area (Å²) in [5.41, 5.74) is 1.51. The molecule has 3 N–H and O–H groups in total. The van der Waals surface area contributed by atoms with Crippen molar-refractivity contribution in [2.45, 2.75) is 32.9 Å². The number of carbonyl (C=O) groups is 1. The lowest BCUT2D eigenvalue weighted by atomic mass is 10.1. The van der Waals surface area contributed by atoms with E-state index in [0.29, 0.717) is 25.4 Å². The fourth-order valence-electron chi connectivity index (χ4n) is 2.64. The lowest BCUT2D eigenvalue weighted by Gasteiger charge is -2.21. The number of halogens is 1. The smallest absolute Gasteiger partial charge is 0.269 e. The number of benzene rings is 2. The van der Waals surface area contributed by atoms with Gasteiger partial charge in [0.1, 0.15) is 5.75 Å². The first-order valence-corrected chi connectivity index (χ1v) is 10.3. The average Bonchev–Trinajstić information content (AvgIpc) is 2.66. The molecule has 0 atom stereocenters. The van der Waals surface area contributed by atoms with E-state index in [1.54, 1.807) is 12.1 Å². The summed E-state index contributed by atoms with van der Waals surface area (Å²) in [7, 11) is 0. The zero-order chi connectivity index (χ0) is 22.1. The van der Waals surface area contributed by atoms with Crippen molar-refractivity contribution in [1.82, 2.24) is 10.6 Å². The molecule has 0 aliphatic rings. The van der Waals surface area contributed by atoms with Crippen LogP contribution in [0.2, 0.25) is 0 Å². The number of ether oxygens (including phenoxy) is 1. The Hall–Kier alpha value is -2.65. The first kappa shape index (κ1) is 23.6. The Kier molecular flexibility index (Phi) is 8.61. The molecule has 0 radical (unpaired) electrons. The number of nitrogens with zero attached hydrogens (tertiary/aromatic N) is 1. The van der Waals surface area contributed by atoms with Crippen molar-refractivity contribution in [3.63, 3.8) is 0 Å². The van der Waals surface area contributed by atoms with Crippen LogP contribution in [0.3, 0.4) is 0 Å². The van der Waals surface area contributed by atoms with E-state index in [4.69, 9.17) is 4.74 Å². The van der Waals surface area contributed by atoms with Crippen molar-refractivity contribution >= 4 is 33.2 Å². The molecule has 2 aromatic carbocycles. The predicted molar refractivity (Wildman–Crippen MR) is 121 cm³/mol. The van der Waals surface area contributed by atoms with Crippen molar-refractivity contribution in [3.05, 3.63) is 62.6 Å². The van der Waals surface area contributed by atoms with Gasteiger partial charge in [0, 0.05) is 53.0 Å². The van der Waals surface area contributed by atoms with Gasteiger partial charge < -0.3 is 20.7 Å². The highest BCUT2D eigenvalue weighted by molar-refractivity contribution is 9.10. The maximum Gasteiger partial charge on any atom is 0.269 e. The molecule has 2 aromatic rings. The number of hydrogen-bond acceptors (Lipinski definition) is 6. The summed E-state index contributed by atoms with van der Waals surface area (Å²) in [5.74, 6) is 0.481. The molecule has 0 unspecified atom stereocenters. The van der Waals surface area contributed by atoms with E-state index in [-0.39, 0.29) is 23.7 Å². The van der Waals surface area contributed by atoms with Crippen LogP contribution < -0.4 is 20.7 Å². The van der Waals surface area contributed by atoms with E-state index in [2.05, 4.69) is 31.9 Å². The number of anilines is 1. The highest BCUT2D eigenvalue weighted by Crippen LogP contribution is 2.23. The molecule has 162 valence electrons. The molecular weight excluding hydrogens is 452 g/mol. The number of hydrogen-bond donors (Lipinski definition) is 3. The SMILES string of the molecule is CC(C)(C)NC(=O)COc1ccc(Br)cc1CNCCNc1ccc([N+](=O)[O-])cc1. The molecule has 0 aliphatic heterocycles. The quantitative estimate of drug-likeness (QED) is 0.272. The first-order chi connectivity index (χ1) is 14.1. The fraction of sp³-hybridized carbons (Fsp3) is 0.381. The molecule has 0 spiro atoms. The van der Waals surface area contributed by atoms with Crippen LogP contribution in [0.1, 0.15) is 26.3 Å². The van der Waals surface area contributed by atoms with Crippen molar-refractivity contribution in [2.75, 3.05) is 25.0 Å². The Bertz CT molecular complexity index is 866. The molecule has 2 rings (SSSR count). The molecule has 30 heavy (non-hydrogen) atoms. The van der Waals surface area contributed by atoms with Crippen molar-refractivity contribution in [2.24, 2.45) is 0 Å². The van der Waals surface area contributed by atoms with Gasteiger partial charge in [-0.05, 0) is 51.1 Å². The van der Waals surface area contributed by atoms with Crippen LogP contribution in [0.4, 0.5) is 11.4 Å². The molecule has 1 amide bonds. The maximum absolute atomic E-state index is 12.0. The minimum atomic E-state index is -0.421. The highest BCUT2D eigenvalue weighted by atomic mass is 79.9. The van der Waals surface area contributed by atoms with E-state index in [9.17, 15) is 14.9 Å². The zero-order valence-corrected chi connectivity index (χ0v) is 18.9. The fourth-order valence-corrected chi connectivity index (χ4v) is 3.05. The third-order valence-electron chi connectivity index (χ3n) is 3.92. The summed E-state index contributed by atoms with van der Waals surface area (Å²) in [5, 5.41) is 20.1. The lowest BCUT2D eigenvalue weighted by Crippen LogP contribution is -2.43. The van der Waals surface area contributed by atoms with Crippen LogP contribution >= 0.6 is 15.9 Å². The number of rotatable bonds is 10. The van der Waals surface area contributed by atoms with Crippen molar-refractivity contribution < 1.29 is 14.5 Å². The van der Waals surface area contributed by atoms with Crippen molar-refractivity contribution in [3.8, 4) is 5.75 Å². The van der Waals surface area contributed by atoms with E-state index in [1.807, 2.05) is 39.0 Å². The number of nitro benzene ring substituents is 1. The standard InChI is InChI=1S/C21H27BrN4O4/c1-21(2,3)25-20(27)14-30-19-9-4-16(22)12-15(19)13-23-10-11-24-17-5-7-18(8-6-17)26(28)29/h4-9,12,23-24H,10-11,13-14H2,1-3H3,(H,25,27). The maximum atomic E-state index is 12.0. The average molecular weight is 479 g/mol. The summed E-state index contributed by atoms with van der Waals surface area (Å²) in [6, 6.07) is 12.0. The van der Waals surface area contributed by atoms with Gasteiger partial charge in [0.2, 0.25) is 0 Å². The van der Waals surface area contributed by atoms with E-state index >= 15 is 0 Å². The first-order valence-electron chi connectivity index (χ1n) is 9.55. The van der Waals surface area contributed by atoms with Gasteiger partial charge in [0.25, 0.3) is 11.6 Å². The van der Waals surface area contributed by atoms with Gasteiger partial charge in [-0.15, -0.1) is 0 Å². The van der Waals surface area contributed by atoms with Gasteiger partial charge in [0.05, 0.1) is 4.92 Å². The molecule has 0 heterocycles. The molecule has 0 saturated heterocycles. The Morgan fingerprint density at radius 2 is 1.83 bits per heavy atom. The summed E-state index contributed by atoms with van der Waals surface area (Å²) in [4.78, 5) is 22.3. The Balaban J connectivity index is 1.80. The molecule has 8 nitrogen and oxygen atoms in total. The molecule has 9 heteroatoms. The minimum absolute atomic E-state index is 0.0480. The van der Waals surface area contributed by atoms with E-state index in [0.717, 1.165) is 15.7 Å². The molecular formula is C21H27BrN4O4. The summed E-state index contributed by atoms with van der Waals surface area (Å²) >= 11 is 3.46. The van der Waals surface area contributed by atoms with Crippen LogP contribution in [0.15, 0.2) is 46.9 Å². The van der Waals surface area contributed by atoms with Crippen LogP contribution in [0.25, 0.3) is 0 Å². The molecule has 0 aromatic heterocycles. The third kappa shape index (κ3) is 8.38. The number of amides is 1. The Labute approximate surface area is 184 Å². The molecule has 0 bridgehead atoms. The Morgan fingerprint density at radius 3 is 2.47 bits per heavy atom. The van der Waals surface area contributed by atoms with Gasteiger partial charge in [-0.1, -0.05) is 15.9 Å². The lowest BCUT2D eigenvalue weighted by molar-refractivity contribution is -0.384. The van der Waals surface area contributed by atoms with E-state index < -0.39 is 4.92 Å². The largest absolute Gasteiger partial charge is 0.483 e. The number of carbonyl (C=O) groups excluding carboxylic acids is 1. The summed E-state index contributed by atoms with van der Waals surface area (Å²) in [6.07, 6.45) is 0. The van der Waals surface area contributed by atoms with Gasteiger partial charge in [0.15, 0.2) is 6.61 Å². The van der Waals surface area contributed by atoms with Crippen LogP contribution in [0, 0.1) is 10.1 Å². The monoisotopic (exact) mass is 478 g/mol. The molecule has 0 aliphatic carbocycles. The highest BCUT2D eigenvalue weighted by Gasteiger charge is 2.15. The normalized spacial score (nSPS) is 11.1. The Morgan fingerprint density at radius 1 is 1.13 bits per heavy atom. The van der Waals surface area contributed by atoms with Gasteiger partial charge in [-0.2, -0.15) is 0 Å². The minimum Gasteiger partial charge on any atom is -0.483 e. The number of nitro groups is 1. The second kappa shape index (κ2) is 10.9. The third-order valence-corrected chi connectivity index (χ3v) is 4.41. The molecule has 0 saturated carbocycles. The van der Waals surface area contributed by atoms with Crippen LogP contribution in [-0.4, -0.2) is 36.1 Å². The predicted octanol–water partition coefficient (Wildman–Crippen LogP) is 3.85. The summed E-state index contributed by atoms with van der Waals surface area (Å²) < 4.78 is 6.64. The van der Waals surface area contributed by atoms with Crippen LogP contribution in [-0.2, 0) is 11.3 Å². The van der Waals surface area contributed by atoms with E-state index in [1.165, 1.54) is 12.1 Å². The van der Waals surface area contributed by atoms with Crippen LogP contribution in [0.5, 0.6) is 5.75 Å². The topological polar surface area (TPSA) is 106 Å². The van der Waals surface area contributed by atoms with Crippen molar-refractivity contribution in [1.29, 1.82) is 0 Å². The second-order valence-corrected chi connectivity index (χ2v) is 8.66. The number of nitrogens with one attached hydrogen (secondary N) is 3.